The van der Waals surface area contributed by atoms with Crippen LogP contribution in [0.2, 0.25) is 0 Å². The van der Waals surface area contributed by atoms with Crippen LogP contribution in [0, 0.1) is 5.41 Å². The Morgan fingerprint density at radius 3 is 2.64 bits per heavy atom. The second-order valence-corrected chi connectivity index (χ2v) is 9.95. The van der Waals surface area contributed by atoms with Crippen molar-refractivity contribution in [1.29, 1.82) is 0 Å². The molecular weight excluding hydrogens is 463 g/mol. The first-order chi connectivity index (χ1) is 17.1. The smallest absolute Gasteiger partial charge is 0.368 e. The zero-order valence-electron chi connectivity index (χ0n) is 20.3. The molecule has 0 bridgehead atoms. The van der Waals surface area contributed by atoms with Crippen molar-refractivity contribution < 1.29 is 18.0 Å². The van der Waals surface area contributed by atoms with Crippen LogP contribution < -0.4 is 5.73 Å². The van der Waals surface area contributed by atoms with Crippen molar-refractivity contribution in [3.8, 4) is 11.1 Å². The summed E-state index contributed by atoms with van der Waals surface area (Å²) in [4.78, 5) is 11.4. The Morgan fingerprint density at radius 2 is 1.89 bits per heavy atom. The topological polar surface area (TPSA) is 50.8 Å². The van der Waals surface area contributed by atoms with Gasteiger partial charge < -0.3 is 5.73 Å². The van der Waals surface area contributed by atoms with Crippen LogP contribution in [-0.2, 0) is 23.2 Å². The van der Waals surface area contributed by atoms with E-state index in [2.05, 4.69) is 18.7 Å². The zero-order valence-corrected chi connectivity index (χ0v) is 20.3. The number of benzene rings is 2. The molecule has 2 aromatic carbocycles. The van der Waals surface area contributed by atoms with Gasteiger partial charge in [0.05, 0.1) is 5.56 Å². The van der Waals surface area contributed by atoms with Crippen molar-refractivity contribution in [2.45, 2.75) is 50.4 Å². The molecule has 3 aliphatic rings. The van der Waals surface area contributed by atoms with E-state index in [4.69, 9.17) is 15.6 Å². The van der Waals surface area contributed by atoms with Crippen molar-refractivity contribution >= 4 is 5.96 Å². The van der Waals surface area contributed by atoms with Crippen molar-refractivity contribution in [2.75, 3.05) is 7.05 Å². The van der Waals surface area contributed by atoms with Crippen molar-refractivity contribution in [3.05, 3.63) is 95.6 Å². The van der Waals surface area contributed by atoms with Crippen LogP contribution in [0.5, 0.6) is 0 Å². The maximum Gasteiger partial charge on any atom is 0.416 e. The molecule has 0 amide bonds. The van der Waals surface area contributed by atoms with Gasteiger partial charge in [0.1, 0.15) is 0 Å². The average Bonchev–Trinajstić information content (AvgIpc) is 3.27. The van der Waals surface area contributed by atoms with Crippen LogP contribution in [0.3, 0.4) is 0 Å². The number of nitrogens with zero attached hydrogens (tertiary/aromatic N) is 2. The molecule has 7 heteroatoms. The number of hydrogen-bond acceptors (Lipinski definition) is 4. The zero-order chi connectivity index (χ0) is 25.6. The van der Waals surface area contributed by atoms with Crippen molar-refractivity contribution in [3.63, 3.8) is 0 Å². The predicted molar refractivity (Wildman–Crippen MR) is 136 cm³/mol. The molecule has 2 aliphatic carbocycles. The van der Waals surface area contributed by atoms with Gasteiger partial charge in [0.25, 0.3) is 0 Å². The summed E-state index contributed by atoms with van der Waals surface area (Å²) < 4.78 is 40.2. The Labute approximate surface area is 209 Å². The minimum Gasteiger partial charge on any atom is -0.368 e. The summed E-state index contributed by atoms with van der Waals surface area (Å²) in [5.74, 6) is 0.291. The van der Waals surface area contributed by atoms with Gasteiger partial charge in [-0.15, -0.1) is 0 Å². The van der Waals surface area contributed by atoms with Gasteiger partial charge in [-0.2, -0.15) is 13.2 Å². The summed E-state index contributed by atoms with van der Waals surface area (Å²) >= 11 is 0. The summed E-state index contributed by atoms with van der Waals surface area (Å²) in [5.41, 5.74) is 8.35. The number of rotatable bonds is 1. The highest BCUT2D eigenvalue weighted by Gasteiger charge is 2.62. The standard InChI is InChI=1S/C29H30F3N3O/c1-20-9-6-4-3-5-7-15-27(16-14-20)19-23-13-12-22(21-10-8-11-24(17-21)29(30,31)32)18-25(23)28(27)34-26(33)35(2)36-28/h3-4,6,8-13,17-18H,1,5,7,14-16,19H2,2H3,(H2,33,34)/b4-3-,9-6-. The number of aliphatic imine (C=N–C) groups is 1. The van der Waals surface area contributed by atoms with Gasteiger partial charge in [0, 0.05) is 18.0 Å². The lowest BCUT2D eigenvalue weighted by Gasteiger charge is -2.41. The predicted octanol–water partition coefficient (Wildman–Crippen LogP) is 6.89. The fraction of sp³-hybridized carbons (Fsp3) is 0.345. The van der Waals surface area contributed by atoms with E-state index in [1.165, 1.54) is 17.2 Å². The molecule has 2 unspecified atom stereocenters. The number of halogens is 3. The molecule has 36 heavy (non-hydrogen) atoms. The van der Waals surface area contributed by atoms with Gasteiger partial charge in [0.2, 0.25) is 11.7 Å². The molecule has 0 fully saturated rings. The maximum absolute atomic E-state index is 13.4. The first-order valence-electron chi connectivity index (χ1n) is 12.2. The van der Waals surface area contributed by atoms with E-state index in [9.17, 15) is 13.2 Å². The fourth-order valence-electron chi connectivity index (χ4n) is 5.74. The molecule has 2 N–H and O–H groups in total. The first-order valence-corrected chi connectivity index (χ1v) is 12.2. The lowest BCUT2D eigenvalue weighted by atomic mass is 9.70. The molecule has 0 saturated carbocycles. The third-order valence-electron chi connectivity index (χ3n) is 7.64. The van der Waals surface area contributed by atoms with E-state index >= 15 is 0 Å². The van der Waals surface area contributed by atoms with Crippen molar-refractivity contribution in [2.24, 2.45) is 16.1 Å². The molecule has 1 heterocycles. The molecule has 2 spiro atoms. The summed E-state index contributed by atoms with van der Waals surface area (Å²) in [5, 5.41) is 1.51. The molecule has 0 saturated heterocycles. The Balaban J connectivity index is 1.62. The molecule has 2 aromatic rings. The molecule has 5 rings (SSSR count). The lowest BCUT2D eigenvalue weighted by Crippen LogP contribution is -2.43. The largest absolute Gasteiger partial charge is 0.416 e. The van der Waals surface area contributed by atoms with Gasteiger partial charge in [0.15, 0.2) is 0 Å². The number of allylic oxidation sites excluding steroid dienone is 5. The van der Waals surface area contributed by atoms with Gasteiger partial charge in [-0.3, -0.25) is 0 Å². The minimum absolute atomic E-state index is 0.291. The number of fused-ring (bicyclic) bond motifs is 3. The normalized spacial score (nSPS) is 28.2. The van der Waals surface area contributed by atoms with Crippen LogP contribution >= 0.6 is 0 Å². The highest BCUT2D eigenvalue weighted by atomic mass is 19.4. The van der Waals surface area contributed by atoms with Gasteiger partial charge in [-0.25, -0.2) is 14.9 Å². The van der Waals surface area contributed by atoms with E-state index in [1.54, 1.807) is 13.1 Å². The van der Waals surface area contributed by atoms with Crippen LogP contribution in [0.15, 0.2) is 83.9 Å². The second kappa shape index (κ2) is 8.96. The monoisotopic (exact) mass is 493 g/mol. The third kappa shape index (κ3) is 4.15. The average molecular weight is 494 g/mol. The number of alkyl halides is 3. The highest BCUT2D eigenvalue weighted by molar-refractivity contribution is 5.79. The molecule has 188 valence electrons. The summed E-state index contributed by atoms with van der Waals surface area (Å²) in [6, 6.07) is 11.3. The van der Waals surface area contributed by atoms with Crippen LogP contribution in [0.4, 0.5) is 13.2 Å². The van der Waals surface area contributed by atoms with Gasteiger partial charge in [-0.1, -0.05) is 60.7 Å². The van der Waals surface area contributed by atoms with E-state index < -0.39 is 17.5 Å². The fourth-order valence-corrected chi connectivity index (χ4v) is 5.74. The second-order valence-electron chi connectivity index (χ2n) is 9.95. The van der Waals surface area contributed by atoms with E-state index in [-0.39, 0.29) is 5.41 Å². The highest BCUT2D eigenvalue weighted by Crippen LogP contribution is 2.61. The SMILES string of the molecule is C=C1/C=C\C=C/CCCC2(CC1)Cc1ccc(-c3cccc(C(F)(F)F)c3)cc1C21N=C(N)N(C)O1. The minimum atomic E-state index is -4.41. The molecule has 4 nitrogen and oxygen atoms in total. The van der Waals surface area contributed by atoms with Gasteiger partial charge in [-0.05, 0) is 73.4 Å². The molecule has 2 atom stereocenters. The van der Waals surface area contributed by atoms with Crippen molar-refractivity contribution in [1.82, 2.24) is 5.06 Å². The number of hydrogen-bond donors (Lipinski definition) is 1. The Hall–Kier alpha value is -3.32. The summed E-state index contributed by atoms with van der Waals surface area (Å²) in [7, 11) is 1.74. The van der Waals surface area contributed by atoms with Crippen LogP contribution in [-0.4, -0.2) is 18.1 Å². The number of hydroxylamine groups is 2. The Bertz CT molecular complexity index is 1280. The van der Waals surface area contributed by atoms with Crippen LogP contribution in [0.1, 0.15) is 48.8 Å². The molecule has 0 aromatic heterocycles. The van der Waals surface area contributed by atoms with E-state index in [0.29, 0.717) is 17.1 Å². The Kier molecular flexibility index (Phi) is 6.07. The summed E-state index contributed by atoms with van der Waals surface area (Å²) in [6.45, 7) is 4.22. The number of nitrogens with two attached hydrogens (primary N) is 1. The quantitative estimate of drug-likeness (QED) is 0.471. The molecule has 1 aliphatic heterocycles. The lowest BCUT2D eigenvalue weighted by molar-refractivity contribution is -0.225. The Morgan fingerprint density at radius 1 is 1.08 bits per heavy atom. The first kappa shape index (κ1) is 24.4. The molecule has 0 radical (unpaired) electrons. The van der Waals surface area contributed by atoms with Crippen LogP contribution in [0.25, 0.3) is 11.1 Å². The van der Waals surface area contributed by atoms with Gasteiger partial charge >= 0.3 is 6.18 Å². The maximum atomic E-state index is 13.4. The summed E-state index contributed by atoms with van der Waals surface area (Å²) in [6.07, 6.45) is 8.93. The van der Waals surface area contributed by atoms with E-state index in [1.807, 2.05) is 30.4 Å². The number of guanidine groups is 1. The van der Waals surface area contributed by atoms with E-state index in [0.717, 1.165) is 61.3 Å². The third-order valence-corrected chi connectivity index (χ3v) is 7.64. The molecular formula is C29H30F3N3O.